The lowest BCUT2D eigenvalue weighted by molar-refractivity contribution is 0.0373. The van der Waals surface area contributed by atoms with Gasteiger partial charge in [0.25, 0.3) is 0 Å². The fourth-order valence-electron chi connectivity index (χ4n) is 6.31. The summed E-state index contributed by atoms with van der Waals surface area (Å²) in [4.78, 5) is 12.3. The van der Waals surface area contributed by atoms with Gasteiger partial charge in [0.2, 0.25) is 0 Å². The SMILES string of the molecule is CCCCC1([C@H]2CC[C@H](COc3ccc(C(=O)Oc4cc(F)c(F)c(F)c4)c(F)c3)CC2)CCCCC1. The standard InChI is InChI=1S/C30H36F4O3/c1-2-3-13-30(14-5-4-6-15-30)21-9-7-20(8-10-21)19-36-22-11-12-24(25(31)16-22)29(35)37-23-17-26(32)28(34)27(33)18-23/h11-12,16-18,20-21H,2-10,13-15,19H2,1H3/t20-,21-. The molecule has 2 saturated carbocycles. The van der Waals surface area contributed by atoms with Gasteiger partial charge in [0.15, 0.2) is 17.5 Å². The smallest absolute Gasteiger partial charge is 0.346 e. The fraction of sp³-hybridized carbons (Fsp3) is 0.567. The number of ether oxygens (including phenoxy) is 2. The maximum Gasteiger partial charge on any atom is 0.346 e. The zero-order chi connectivity index (χ0) is 26.4. The molecule has 0 atom stereocenters. The second kappa shape index (κ2) is 12.3. The summed E-state index contributed by atoms with van der Waals surface area (Å²) < 4.78 is 65.1. The van der Waals surface area contributed by atoms with E-state index in [2.05, 4.69) is 6.92 Å². The maximum absolute atomic E-state index is 14.6. The Balaban J connectivity index is 1.29. The summed E-state index contributed by atoms with van der Waals surface area (Å²) in [5.74, 6) is -5.74. The van der Waals surface area contributed by atoms with E-state index in [0.717, 1.165) is 24.8 Å². The van der Waals surface area contributed by atoms with E-state index in [1.54, 1.807) is 0 Å². The van der Waals surface area contributed by atoms with Gasteiger partial charge in [-0.05, 0) is 74.3 Å². The van der Waals surface area contributed by atoms with Gasteiger partial charge in [0.1, 0.15) is 17.3 Å². The van der Waals surface area contributed by atoms with Crippen molar-refractivity contribution in [3.63, 3.8) is 0 Å². The van der Waals surface area contributed by atoms with Crippen molar-refractivity contribution in [1.82, 2.24) is 0 Å². The third kappa shape index (κ3) is 6.66. The molecule has 0 saturated heterocycles. The Morgan fingerprint density at radius 1 is 0.892 bits per heavy atom. The van der Waals surface area contributed by atoms with Gasteiger partial charge in [-0.15, -0.1) is 0 Å². The summed E-state index contributed by atoms with van der Waals surface area (Å²) in [5, 5.41) is 0. The van der Waals surface area contributed by atoms with Gasteiger partial charge in [0, 0.05) is 18.2 Å². The monoisotopic (exact) mass is 520 g/mol. The minimum atomic E-state index is -1.68. The van der Waals surface area contributed by atoms with Crippen molar-refractivity contribution in [3.8, 4) is 11.5 Å². The van der Waals surface area contributed by atoms with E-state index in [1.807, 2.05) is 0 Å². The van der Waals surface area contributed by atoms with E-state index in [4.69, 9.17) is 9.47 Å². The molecule has 2 aromatic carbocycles. The Kier molecular flexibility index (Phi) is 9.14. The Morgan fingerprint density at radius 3 is 2.16 bits per heavy atom. The van der Waals surface area contributed by atoms with Crippen molar-refractivity contribution in [2.75, 3.05) is 6.61 Å². The Bertz CT molecular complexity index is 1050. The largest absolute Gasteiger partial charge is 0.493 e. The van der Waals surface area contributed by atoms with Crippen molar-refractivity contribution in [1.29, 1.82) is 0 Å². The molecule has 202 valence electrons. The number of carbonyl (C=O) groups is 1. The highest BCUT2D eigenvalue weighted by atomic mass is 19.2. The van der Waals surface area contributed by atoms with Crippen LogP contribution in [0.25, 0.3) is 0 Å². The minimum absolute atomic E-state index is 0.307. The predicted molar refractivity (Wildman–Crippen MR) is 134 cm³/mol. The van der Waals surface area contributed by atoms with Crippen molar-refractivity contribution in [3.05, 3.63) is 59.2 Å². The molecule has 2 fully saturated rings. The van der Waals surface area contributed by atoms with Crippen LogP contribution in [0.4, 0.5) is 17.6 Å². The Hall–Kier alpha value is -2.57. The van der Waals surface area contributed by atoms with E-state index >= 15 is 0 Å². The van der Waals surface area contributed by atoms with Crippen LogP contribution in [0.1, 0.15) is 94.3 Å². The van der Waals surface area contributed by atoms with Crippen molar-refractivity contribution in [2.45, 2.75) is 84.0 Å². The molecular formula is C30H36F4O3. The first-order chi connectivity index (χ1) is 17.8. The summed E-state index contributed by atoms with van der Waals surface area (Å²) in [6.45, 7) is 2.77. The van der Waals surface area contributed by atoms with Crippen LogP contribution in [0.2, 0.25) is 0 Å². The maximum atomic E-state index is 14.6. The van der Waals surface area contributed by atoms with Crippen LogP contribution in [-0.4, -0.2) is 12.6 Å². The van der Waals surface area contributed by atoms with Crippen LogP contribution in [-0.2, 0) is 0 Å². The first kappa shape index (κ1) is 27.5. The van der Waals surface area contributed by atoms with Gasteiger partial charge in [-0.1, -0.05) is 39.0 Å². The predicted octanol–water partition coefficient (Wildman–Crippen LogP) is 8.79. The number of hydrogen-bond donors (Lipinski definition) is 0. The Labute approximate surface area is 216 Å². The zero-order valence-electron chi connectivity index (χ0n) is 21.5. The topological polar surface area (TPSA) is 35.5 Å². The fourth-order valence-corrected chi connectivity index (χ4v) is 6.31. The second-order valence-electron chi connectivity index (χ2n) is 10.8. The number of halogens is 4. The van der Waals surface area contributed by atoms with Crippen LogP contribution in [0.15, 0.2) is 30.3 Å². The van der Waals surface area contributed by atoms with E-state index in [1.165, 1.54) is 76.3 Å². The van der Waals surface area contributed by atoms with E-state index in [-0.39, 0.29) is 0 Å². The Morgan fingerprint density at radius 2 is 1.54 bits per heavy atom. The summed E-state index contributed by atoms with van der Waals surface area (Å²) in [7, 11) is 0. The molecule has 0 unspecified atom stereocenters. The molecule has 2 aromatic rings. The molecule has 37 heavy (non-hydrogen) atoms. The van der Waals surface area contributed by atoms with Gasteiger partial charge in [-0.2, -0.15) is 0 Å². The average molecular weight is 521 g/mol. The average Bonchev–Trinajstić information content (AvgIpc) is 2.90. The van der Waals surface area contributed by atoms with Gasteiger partial charge < -0.3 is 9.47 Å². The number of benzene rings is 2. The quantitative estimate of drug-likeness (QED) is 0.143. The summed E-state index contributed by atoms with van der Waals surface area (Å²) in [5.41, 5.74) is 0.113. The third-order valence-corrected chi connectivity index (χ3v) is 8.40. The van der Waals surface area contributed by atoms with Crippen molar-refractivity contribution in [2.24, 2.45) is 17.3 Å². The van der Waals surface area contributed by atoms with Crippen LogP contribution >= 0.6 is 0 Å². The zero-order valence-corrected chi connectivity index (χ0v) is 21.5. The number of rotatable bonds is 9. The molecular weight excluding hydrogens is 484 g/mol. The number of hydrogen-bond acceptors (Lipinski definition) is 3. The van der Waals surface area contributed by atoms with E-state index in [0.29, 0.717) is 35.8 Å². The molecule has 0 aliphatic heterocycles. The van der Waals surface area contributed by atoms with Crippen LogP contribution < -0.4 is 9.47 Å². The van der Waals surface area contributed by atoms with Gasteiger partial charge in [0.05, 0.1) is 12.2 Å². The van der Waals surface area contributed by atoms with E-state index in [9.17, 15) is 22.4 Å². The number of unbranched alkanes of at least 4 members (excludes halogenated alkanes) is 1. The van der Waals surface area contributed by atoms with E-state index < -0.39 is 40.6 Å². The first-order valence-corrected chi connectivity index (χ1v) is 13.6. The van der Waals surface area contributed by atoms with Gasteiger partial charge in [-0.3, -0.25) is 0 Å². The van der Waals surface area contributed by atoms with Crippen LogP contribution in [0.3, 0.4) is 0 Å². The van der Waals surface area contributed by atoms with Gasteiger partial charge >= 0.3 is 5.97 Å². The van der Waals surface area contributed by atoms with Crippen LogP contribution in [0, 0.1) is 40.5 Å². The van der Waals surface area contributed by atoms with Gasteiger partial charge in [-0.25, -0.2) is 22.4 Å². The molecule has 0 heterocycles. The lowest BCUT2D eigenvalue weighted by Gasteiger charge is -2.47. The van der Waals surface area contributed by atoms with Crippen molar-refractivity contribution >= 4 is 5.97 Å². The molecule has 0 N–H and O–H groups in total. The third-order valence-electron chi connectivity index (χ3n) is 8.40. The molecule has 7 heteroatoms. The van der Waals surface area contributed by atoms with Crippen LogP contribution in [0.5, 0.6) is 11.5 Å². The molecule has 0 radical (unpaired) electrons. The summed E-state index contributed by atoms with van der Waals surface area (Å²) >= 11 is 0. The number of esters is 1. The lowest BCUT2D eigenvalue weighted by Crippen LogP contribution is -2.36. The summed E-state index contributed by atoms with van der Waals surface area (Å²) in [6.07, 6.45) is 15.4. The highest BCUT2D eigenvalue weighted by Crippen LogP contribution is 2.52. The summed E-state index contributed by atoms with van der Waals surface area (Å²) in [6, 6.07) is 4.84. The highest BCUT2D eigenvalue weighted by molar-refractivity contribution is 5.91. The molecule has 2 aliphatic rings. The molecule has 0 amide bonds. The molecule has 0 spiro atoms. The normalized spacial score (nSPS) is 21.4. The second-order valence-corrected chi connectivity index (χ2v) is 10.8. The first-order valence-electron chi connectivity index (χ1n) is 13.6. The molecule has 0 bridgehead atoms. The lowest BCUT2D eigenvalue weighted by atomic mass is 9.59. The number of carbonyl (C=O) groups excluding carboxylic acids is 1. The molecule has 4 rings (SSSR count). The molecule has 3 nitrogen and oxygen atoms in total. The molecule has 0 aromatic heterocycles. The molecule has 2 aliphatic carbocycles. The highest BCUT2D eigenvalue weighted by Gasteiger charge is 2.40. The van der Waals surface area contributed by atoms with Crippen molar-refractivity contribution < 1.29 is 31.8 Å². The minimum Gasteiger partial charge on any atom is -0.493 e.